The topological polar surface area (TPSA) is 72.3 Å². The summed E-state index contributed by atoms with van der Waals surface area (Å²) in [7, 11) is 0. The molecule has 0 radical (unpaired) electrons. The van der Waals surface area contributed by atoms with Gasteiger partial charge in [-0.2, -0.15) is 0 Å². The van der Waals surface area contributed by atoms with Crippen molar-refractivity contribution in [3.05, 3.63) is 53.9 Å². The highest BCUT2D eigenvalue weighted by atomic mass is 16.5. The standard InChI is InChI=1S/C27H30N2O.C2H4O2/c1-6-10-22-21(7-2)28-25-23-19-15-16(3)13-14-20(19)27(4,5)30-26(23)18-12-9-8-11-17(18)24(25)29-22;1-2(3)4/h6-12,16,19-20H,2,13-15H2,1,3-5H3;1H3,(H,3,4)/b10-6-;. The Hall–Kier alpha value is -3.21. The number of rotatable bonds is 2. The monoisotopic (exact) mass is 458 g/mol. The van der Waals surface area contributed by atoms with Crippen LogP contribution >= 0.6 is 0 Å². The maximum absolute atomic E-state index is 9.00. The van der Waals surface area contributed by atoms with Crippen molar-refractivity contribution in [1.29, 1.82) is 0 Å². The molecule has 0 bridgehead atoms. The summed E-state index contributed by atoms with van der Waals surface area (Å²) in [5, 5.41) is 9.68. The lowest BCUT2D eigenvalue weighted by molar-refractivity contribution is -0.134. The lowest BCUT2D eigenvalue weighted by atomic mass is 9.64. The Balaban J connectivity index is 0.000000636. The van der Waals surface area contributed by atoms with Gasteiger partial charge in [0.25, 0.3) is 5.97 Å². The lowest BCUT2D eigenvalue weighted by Gasteiger charge is -2.49. The van der Waals surface area contributed by atoms with Gasteiger partial charge in [0.2, 0.25) is 0 Å². The van der Waals surface area contributed by atoms with Crippen molar-refractivity contribution in [1.82, 2.24) is 9.97 Å². The van der Waals surface area contributed by atoms with Crippen LogP contribution in [0.1, 0.15) is 76.8 Å². The smallest absolute Gasteiger partial charge is 0.300 e. The molecule has 2 aliphatic rings. The van der Waals surface area contributed by atoms with E-state index in [0.29, 0.717) is 17.8 Å². The average molecular weight is 459 g/mol. The number of aliphatic carboxylic acids is 1. The second-order valence-corrected chi connectivity index (χ2v) is 10.0. The van der Waals surface area contributed by atoms with Crippen LogP contribution in [0.5, 0.6) is 5.75 Å². The molecule has 3 aromatic rings. The zero-order valence-corrected chi connectivity index (χ0v) is 20.8. The Kier molecular flexibility index (Phi) is 6.48. The predicted molar refractivity (Wildman–Crippen MR) is 139 cm³/mol. The van der Waals surface area contributed by atoms with Crippen molar-refractivity contribution < 1.29 is 14.6 Å². The molecule has 34 heavy (non-hydrogen) atoms. The minimum atomic E-state index is -0.833. The van der Waals surface area contributed by atoms with Gasteiger partial charge in [0.15, 0.2) is 0 Å². The first-order valence-corrected chi connectivity index (χ1v) is 12.1. The first-order valence-electron chi connectivity index (χ1n) is 12.1. The number of hydrogen-bond donors (Lipinski definition) is 1. The molecule has 2 aromatic carbocycles. The minimum absolute atomic E-state index is 0.187. The predicted octanol–water partition coefficient (Wildman–Crippen LogP) is 7.24. The maximum Gasteiger partial charge on any atom is 0.300 e. The number of hydrogen-bond acceptors (Lipinski definition) is 4. The zero-order valence-electron chi connectivity index (χ0n) is 20.8. The Morgan fingerprint density at radius 2 is 1.79 bits per heavy atom. The summed E-state index contributed by atoms with van der Waals surface area (Å²) in [5.41, 5.74) is 4.75. The third kappa shape index (κ3) is 4.20. The normalized spacial score (nSPS) is 22.9. The molecule has 1 aliphatic heterocycles. The Morgan fingerprint density at radius 3 is 2.44 bits per heavy atom. The highest BCUT2D eigenvalue weighted by Crippen LogP contribution is 2.56. The molecule has 5 nitrogen and oxygen atoms in total. The van der Waals surface area contributed by atoms with Crippen molar-refractivity contribution in [3.8, 4) is 5.75 Å². The third-order valence-electron chi connectivity index (χ3n) is 7.14. The molecule has 3 atom stereocenters. The molecule has 3 unspecified atom stereocenters. The molecule has 5 heteroatoms. The van der Waals surface area contributed by atoms with E-state index >= 15 is 0 Å². The van der Waals surface area contributed by atoms with Gasteiger partial charge in [0.05, 0.1) is 22.4 Å². The molecule has 178 valence electrons. The fraction of sp³-hybridized carbons (Fsp3) is 0.414. The molecule has 5 rings (SSSR count). The van der Waals surface area contributed by atoms with Crippen LogP contribution in [0.15, 0.2) is 36.9 Å². The second-order valence-electron chi connectivity index (χ2n) is 10.0. The van der Waals surface area contributed by atoms with Gasteiger partial charge in [-0.3, -0.25) is 4.79 Å². The van der Waals surface area contributed by atoms with Gasteiger partial charge in [0.1, 0.15) is 11.4 Å². The van der Waals surface area contributed by atoms with Crippen molar-refractivity contribution in [3.63, 3.8) is 0 Å². The average Bonchev–Trinajstić information content (AvgIpc) is 2.78. The van der Waals surface area contributed by atoms with Gasteiger partial charge in [-0.25, -0.2) is 9.97 Å². The van der Waals surface area contributed by atoms with Crippen molar-refractivity contribution >= 4 is 39.9 Å². The largest absolute Gasteiger partial charge is 0.487 e. The van der Waals surface area contributed by atoms with E-state index in [-0.39, 0.29) is 5.60 Å². The van der Waals surface area contributed by atoms with E-state index in [1.54, 1.807) is 0 Å². The van der Waals surface area contributed by atoms with E-state index in [0.717, 1.165) is 45.9 Å². The highest BCUT2D eigenvalue weighted by Gasteiger charge is 2.47. The van der Waals surface area contributed by atoms with Crippen molar-refractivity contribution in [2.24, 2.45) is 11.8 Å². The minimum Gasteiger partial charge on any atom is -0.487 e. The van der Waals surface area contributed by atoms with Gasteiger partial charge >= 0.3 is 0 Å². The molecule has 2 heterocycles. The molecular weight excluding hydrogens is 424 g/mol. The summed E-state index contributed by atoms with van der Waals surface area (Å²) in [6.07, 6.45) is 9.49. The summed E-state index contributed by atoms with van der Waals surface area (Å²) in [6, 6.07) is 8.49. The summed E-state index contributed by atoms with van der Waals surface area (Å²) < 4.78 is 6.79. The van der Waals surface area contributed by atoms with Crippen LogP contribution in [0.25, 0.3) is 34.0 Å². The van der Waals surface area contributed by atoms with E-state index in [4.69, 9.17) is 24.6 Å². The van der Waals surface area contributed by atoms with Crippen LogP contribution in [0.2, 0.25) is 0 Å². The molecule has 1 saturated carbocycles. The molecule has 1 aliphatic carbocycles. The van der Waals surface area contributed by atoms with E-state index in [1.807, 2.05) is 25.2 Å². The second kappa shape index (κ2) is 9.21. The number of carbonyl (C=O) groups is 1. The fourth-order valence-corrected chi connectivity index (χ4v) is 5.73. The SMILES string of the molecule is C=Cc1nc2c3c(c4ccccc4c2nc1/C=C\C)OC(C)(C)C1CCC(C)CC31.CC(=O)O. The molecule has 1 aromatic heterocycles. The maximum atomic E-state index is 9.00. The summed E-state index contributed by atoms with van der Waals surface area (Å²) in [6.45, 7) is 14.0. The van der Waals surface area contributed by atoms with Crippen molar-refractivity contribution in [2.75, 3.05) is 0 Å². The fourth-order valence-electron chi connectivity index (χ4n) is 5.73. The third-order valence-corrected chi connectivity index (χ3v) is 7.14. The van der Waals surface area contributed by atoms with Gasteiger partial charge < -0.3 is 9.84 Å². The van der Waals surface area contributed by atoms with Crippen LogP contribution in [-0.2, 0) is 4.79 Å². The van der Waals surface area contributed by atoms with E-state index in [9.17, 15) is 0 Å². The van der Waals surface area contributed by atoms with Crippen LogP contribution in [0, 0.1) is 11.8 Å². The van der Waals surface area contributed by atoms with Crippen LogP contribution in [-0.4, -0.2) is 26.6 Å². The number of fused-ring (bicyclic) bond motifs is 8. The highest BCUT2D eigenvalue weighted by molar-refractivity contribution is 6.10. The first kappa shape index (κ1) is 23.9. The molecule has 1 fully saturated rings. The van der Waals surface area contributed by atoms with Crippen LogP contribution in [0.3, 0.4) is 0 Å². The van der Waals surface area contributed by atoms with E-state index in [2.05, 4.69) is 51.6 Å². The number of aromatic nitrogens is 2. The van der Waals surface area contributed by atoms with E-state index in [1.165, 1.54) is 24.8 Å². The Labute approximate surface area is 201 Å². The summed E-state index contributed by atoms with van der Waals surface area (Å²) in [5.74, 6) is 1.83. The van der Waals surface area contributed by atoms with Gasteiger partial charge in [0, 0.05) is 29.2 Å². The molecule has 0 amide bonds. The quantitative estimate of drug-likeness (QED) is 0.410. The molecule has 1 N–H and O–H groups in total. The summed E-state index contributed by atoms with van der Waals surface area (Å²) >= 11 is 0. The summed E-state index contributed by atoms with van der Waals surface area (Å²) in [4.78, 5) is 19.2. The van der Waals surface area contributed by atoms with Gasteiger partial charge in [-0.15, -0.1) is 0 Å². The van der Waals surface area contributed by atoms with Gasteiger partial charge in [-0.05, 0) is 57.6 Å². The molecular formula is C29H34N2O3. The Morgan fingerprint density at radius 1 is 1.15 bits per heavy atom. The van der Waals surface area contributed by atoms with Crippen LogP contribution < -0.4 is 4.74 Å². The number of carboxylic acid groups (broad SMARTS) is 1. The number of benzene rings is 2. The molecule has 0 spiro atoms. The van der Waals surface area contributed by atoms with Crippen LogP contribution in [0.4, 0.5) is 0 Å². The number of nitrogens with zero attached hydrogens (tertiary/aromatic N) is 2. The number of ether oxygens (including phenoxy) is 1. The Bertz CT molecular complexity index is 1290. The van der Waals surface area contributed by atoms with Crippen molar-refractivity contribution in [2.45, 2.75) is 65.4 Å². The number of allylic oxidation sites excluding steroid dienone is 1. The van der Waals surface area contributed by atoms with Gasteiger partial charge in [-0.1, -0.05) is 50.3 Å². The first-order chi connectivity index (χ1) is 16.2. The lowest BCUT2D eigenvalue weighted by Crippen LogP contribution is -2.46. The molecule has 0 saturated heterocycles. The number of carboxylic acids is 1. The van der Waals surface area contributed by atoms with E-state index < -0.39 is 5.97 Å². The zero-order chi connectivity index (χ0) is 24.6.